The summed E-state index contributed by atoms with van der Waals surface area (Å²) in [6.07, 6.45) is 9.30. The number of nitrogens with zero attached hydrogens (tertiary/aromatic N) is 2. The Bertz CT molecular complexity index is 430. The van der Waals surface area contributed by atoms with Crippen molar-refractivity contribution in [3.05, 3.63) is 18.2 Å². The van der Waals surface area contributed by atoms with Crippen molar-refractivity contribution in [3.8, 4) is 0 Å². The van der Waals surface area contributed by atoms with Crippen LogP contribution in [0, 0.1) is 17.3 Å². The molecular formula is C18H33N3. The Labute approximate surface area is 130 Å². The van der Waals surface area contributed by atoms with E-state index in [1.54, 1.807) is 0 Å². The summed E-state index contributed by atoms with van der Waals surface area (Å²) in [6.45, 7) is 11.6. The molecule has 120 valence electrons. The van der Waals surface area contributed by atoms with E-state index in [1.165, 1.54) is 31.5 Å². The van der Waals surface area contributed by atoms with Gasteiger partial charge in [0.25, 0.3) is 0 Å². The fourth-order valence-corrected chi connectivity index (χ4v) is 3.92. The molecular weight excluding hydrogens is 258 g/mol. The first kappa shape index (κ1) is 16.5. The number of hydrogen-bond acceptors (Lipinski definition) is 2. The summed E-state index contributed by atoms with van der Waals surface area (Å²) in [5.41, 5.74) is 0.408. The van der Waals surface area contributed by atoms with Gasteiger partial charge in [0, 0.05) is 24.9 Å². The fourth-order valence-electron chi connectivity index (χ4n) is 3.92. The Balaban J connectivity index is 2.23. The lowest BCUT2D eigenvalue weighted by atomic mass is 9.65. The van der Waals surface area contributed by atoms with Crippen molar-refractivity contribution in [2.75, 3.05) is 13.6 Å². The number of aromatic nitrogens is 2. The van der Waals surface area contributed by atoms with Crippen molar-refractivity contribution in [1.82, 2.24) is 14.9 Å². The van der Waals surface area contributed by atoms with Crippen LogP contribution in [0.5, 0.6) is 0 Å². The van der Waals surface area contributed by atoms with Gasteiger partial charge in [-0.25, -0.2) is 4.98 Å². The second-order valence-electron chi connectivity index (χ2n) is 7.78. The number of rotatable bonds is 5. The molecule has 1 aromatic heterocycles. The minimum Gasteiger partial charge on any atom is -0.335 e. The van der Waals surface area contributed by atoms with E-state index >= 15 is 0 Å². The molecule has 2 rings (SSSR count). The maximum absolute atomic E-state index is 4.74. The molecule has 1 saturated carbocycles. The molecule has 0 saturated heterocycles. The van der Waals surface area contributed by atoms with Crippen molar-refractivity contribution in [1.29, 1.82) is 0 Å². The van der Waals surface area contributed by atoms with E-state index in [1.807, 2.05) is 6.20 Å². The van der Waals surface area contributed by atoms with Crippen molar-refractivity contribution in [2.45, 2.75) is 65.8 Å². The van der Waals surface area contributed by atoms with E-state index in [0.29, 0.717) is 11.3 Å². The van der Waals surface area contributed by atoms with Crippen LogP contribution in [0.4, 0.5) is 0 Å². The largest absolute Gasteiger partial charge is 0.335 e. The Hall–Kier alpha value is -0.830. The normalized spacial score (nSPS) is 27.0. The molecule has 1 N–H and O–H groups in total. The van der Waals surface area contributed by atoms with E-state index in [-0.39, 0.29) is 0 Å². The Morgan fingerprint density at radius 1 is 1.33 bits per heavy atom. The van der Waals surface area contributed by atoms with Gasteiger partial charge in [-0.05, 0) is 56.5 Å². The molecule has 0 aromatic carbocycles. The van der Waals surface area contributed by atoms with Gasteiger partial charge in [0.05, 0.1) is 0 Å². The van der Waals surface area contributed by atoms with Crippen LogP contribution >= 0.6 is 0 Å². The summed E-state index contributed by atoms with van der Waals surface area (Å²) in [5.74, 6) is 3.47. The molecule has 0 amide bonds. The fraction of sp³-hybridized carbons (Fsp3) is 0.833. The lowest BCUT2D eigenvalue weighted by Crippen LogP contribution is -2.36. The van der Waals surface area contributed by atoms with Crippen molar-refractivity contribution in [2.24, 2.45) is 17.3 Å². The monoisotopic (exact) mass is 291 g/mol. The van der Waals surface area contributed by atoms with Gasteiger partial charge in [0.15, 0.2) is 0 Å². The maximum atomic E-state index is 4.74. The van der Waals surface area contributed by atoms with Crippen LogP contribution in [0.2, 0.25) is 0 Å². The zero-order valence-corrected chi connectivity index (χ0v) is 14.5. The molecule has 3 nitrogen and oxygen atoms in total. The smallest absolute Gasteiger partial charge is 0.112 e. The van der Waals surface area contributed by atoms with Crippen molar-refractivity contribution >= 4 is 0 Å². The number of nitrogens with one attached hydrogen (secondary N) is 1. The molecule has 3 atom stereocenters. The lowest BCUT2D eigenvalue weighted by molar-refractivity contribution is 0.125. The molecule has 1 heterocycles. The Morgan fingerprint density at radius 3 is 2.71 bits per heavy atom. The van der Waals surface area contributed by atoms with Gasteiger partial charge in [-0.1, -0.05) is 27.7 Å². The van der Waals surface area contributed by atoms with E-state index in [0.717, 1.165) is 24.9 Å². The molecule has 0 radical (unpaired) electrons. The van der Waals surface area contributed by atoms with Crippen molar-refractivity contribution < 1.29 is 0 Å². The van der Waals surface area contributed by atoms with Crippen LogP contribution in [0.3, 0.4) is 0 Å². The average molecular weight is 291 g/mol. The van der Waals surface area contributed by atoms with Crippen LogP contribution in [0.25, 0.3) is 0 Å². The van der Waals surface area contributed by atoms with E-state index in [2.05, 4.69) is 50.8 Å². The molecule has 1 fully saturated rings. The molecule has 3 heteroatoms. The minimum absolute atomic E-state index is 0.408. The third-order valence-corrected chi connectivity index (χ3v) is 5.23. The molecule has 3 unspecified atom stereocenters. The predicted molar refractivity (Wildman–Crippen MR) is 89.5 cm³/mol. The van der Waals surface area contributed by atoms with Crippen LogP contribution in [-0.2, 0) is 6.54 Å². The Kier molecular flexibility index (Phi) is 5.48. The van der Waals surface area contributed by atoms with Gasteiger partial charge in [0.2, 0.25) is 0 Å². The standard InChI is InChI=1S/C18H33N3/c1-6-10-21-11-9-20-17(21)16-12-15(18(2,3)4)8-7-14(16)13-19-5/h9,11,14-16,19H,6-8,10,12-13H2,1-5H3. The molecule has 21 heavy (non-hydrogen) atoms. The highest BCUT2D eigenvalue weighted by molar-refractivity contribution is 5.06. The van der Waals surface area contributed by atoms with Gasteiger partial charge in [-0.15, -0.1) is 0 Å². The summed E-state index contributed by atoms with van der Waals surface area (Å²) in [5, 5.41) is 3.40. The van der Waals surface area contributed by atoms with Crippen molar-refractivity contribution in [3.63, 3.8) is 0 Å². The van der Waals surface area contributed by atoms with Gasteiger partial charge >= 0.3 is 0 Å². The second kappa shape index (κ2) is 6.95. The first-order chi connectivity index (χ1) is 9.97. The highest BCUT2D eigenvalue weighted by atomic mass is 15.1. The highest BCUT2D eigenvalue weighted by Gasteiger charge is 2.37. The highest BCUT2D eigenvalue weighted by Crippen LogP contribution is 2.46. The summed E-state index contributed by atoms with van der Waals surface area (Å²) >= 11 is 0. The molecule has 0 aliphatic heterocycles. The van der Waals surface area contributed by atoms with Gasteiger partial charge in [-0.2, -0.15) is 0 Å². The molecule has 0 spiro atoms. The number of aryl methyl sites for hydroxylation is 1. The topological polar surface area (TPSA) is 29.9 Å². The summed E-state index contributed by atoms with van der Waals surface area (Å²) in [7, 11) is 2.07. The zero-order valence-electron chi connectivity index (χ0n) is 14.5. The molecule has 0 bridgehead atoms. The predicted octanol–water partition coefficient (Wildman–Crippen LogP) is 4.06. The summed E-state index contributed by atoms with van der Waals surface area (Å²) in [6, 6.07) is 0. The van der Waals surface area contributed by atoms with Gasteiger partial charge in [-0.3, -0.25) is 0 Å². The van der Waals surface area contributed by atoms with Gasteiger partial charge < -0.3 is 9.88 Å². The van der Waals surface area contributed by atoms with Gasteiger partial charge in [0.1, 0.15) is 5.82 Å². The van der Waals surface area contributed by atoms with E-state index in [9.17, 15) is 0 Å². The Morgan fingerprint density at radius 2 is 2.10 bits per heavy atom. The SMILES string of the molecule is CCCn1ccnc1C1CC(C(C)(C)C)CCC1CNC. The quantitative estimate of drug-likeness (QED) is 0.886. The first-order valence-corrected chi connectivity index (χ1v) is 8.63. The molecule has 1 aliphatic rings. The minimum atomic E-state index is 0.408. The van der Waals surface area contributed by atoms with Crippen LogP contribution in [-0.4, -0.2) is 23.1 Å². The molecule has 1 aromatic rings. The first-order valence-electron chi connectivity index (χ1n) is 8.63. The molecule has 1 aliphatic carbocycles. The maximum Gasteiger partial charge on any atom is 0.112 e. The second-order valence-corrected chi connectivity index (χ2v) is 7.78. The van der Waals surface area contributed by atoms with Crippen LogP contribution in [0.1, 0.15) is 65.1 Å². The van der Waals surface area contributed by atoms with E-state index in [4.69, 9.17) is 4.98 Å². The number of imidazole rings is 1. The van der Waals surface area contributed by atoms with Crippen LogP contribution < -0.4 is 5.32 Å². The summed E-state index contributed by atoms with van der Waals surface area (Å²) in [4.78, 5) is 4.74. The third-order valence-electron chi connectivity index (χ3n) is 5.23. The van der Waals surface area contributed by atoms with Crippen LogP contribution in [0.15, 0.2) is 12.4 Å². The average Bonchev–Trinajstić information content (AvgIpc) is 2.87. The lowest BCUT2D eigenvalue weighted by Gasteiger charge is -2.41. The zero-order chi connectivity index (χ0) is 15.5. The number of hydrogen-bond donors (Lipinski definition) is 1. The third kappa shape index (κ3) is 3.88. The summed E-state index contributed by atoms with van der Waals surface area (Å²) < 4.78 is 2.39. The van der Waals surface area contributed by atoms with E-state index < -0.39 is 0 Å².